The molecule has 7 nitrogen and oxygen atoms in total. The van der Waals surface area contributed by atoms with E-state index >= 15 is 0 Å². The number of carbonyl (C=O) groups excluding carboxylic acids is 1. The average molecular weight is 493 g/mol. The van der Waals surface area contributed by atoms with Gasteiger partial charge in [0.05, 0.1) is 22.9 Å². The Labute approximate surface area is 178 Å². The average Bonchev–Trinajstić information content (AvgIpc) is 3.40. The van der Waals surface area contributed by atoms with Crippen molar-refractivity contribution < 1.29 is 22.7 Å². The summed E-state index contributed by atoms with van der Waals surface area (Å²) < 4.78 is 39.6. The van der Waals surface area contributed by atoms with E-state index in [2.05, 4.69) is 15.9 Å². The molecule has 1 amide bonds. The van der Waals surface area contributed by atoms with Crippen LogP contribution in [0.4, 0.5) is 0 Å². The van der Waals surface area contributed by atoms with Gasteiger partial charge in [-0.15, -0.1) is 11.3 Å². The number of hydrogen-bond donors (Lipinski definition) is 0. The number of sulfonamides is 1. The van der Waals surface area contributed by atoms with E-state index < -0.39 is 10.0 Å². The predicted molar refractivity (Wildman–Crippen MR) is 108 cm³/mol. The molecule has 3 aliphatic rings. The Kier molecular flexibility index (Phi) is 6.44. The Morgan fingerprint density at radius 3 is 2.46 bits per heavy atom. The van der Waals surface area contributed by atoms with Gasteiger partial charge >= 0.3 is 0 Å². The lowest BCUT2D eigenvalue weighted by atomic mass is 9.93. The number of piperidine rings is 2. The minimum absolute atomic E-state index is 0.0824. The summed E-state index contributed by atoms with van der Waals surface area (Å²) in [5.41, 5.74) is 0. The van der Waals surface area contributed by atoms with E-state index in [0.29, 0.717) is 49.4 Å². The SMILES string of the molecule is O=C(C1CCCN(S(=O)(=O)c2ccc(Br)s2)C1)N1CCC(C2OCCO2)CC1. The van der Waals surface area contributed by atoms with E-state index in [1.807, 2.05) is 4.90 Å². The zero-order valence-electron chi connectivity index (χ0n) is 15.6. The molecule has 1 unspecified atom stereocenters. The number of thiophene rings is 1. The van der Waals surface area contributed by atoms with Crippen molar-refractivity contribution in [3.63, 3.8) is 0 Å². The van der Waals surface area contributed by atoms with Gasteiger partial charge in [0.25, 0.3) is 10.0 Å². The highest BCUT2D eigenvalue weighted by Gasteiger charge is 2.38. The third-order valence-corrected chi connectivity index (χ3v) is 9.72. The van der Waals surface area contributed by atoms with Gasteiger partial charge in [-0.1, -0.05) is 0 Å². The number of hydrogen-bond acceptors (Lipinski definition) is 6. The minimum atomic E-state index is -3.54. The molecule has 1 aromatic rings. The molecule has 1 atom stereocenters. The molecule has 0 aliphatic carbocycles. The molecule has 0 bridgehead atoms. The first kappa shape index (κ1) is 20.7. The molecule has 0 N–H and O–H groups in total. The Bertz CT molecular complexity index is 801. The summed E-state index contributed by atoms with van der Waals surface area (Å²) in [4.78, 5) is 14.9. The maximum atomic E-state index is 13.0. The zero-order chi connectivity index (χ0) is 19.7. The van der Waals surface area contributed by atoms with Gasteiger partial charge in [-0.25, -0.2) is 8.42 Å². The molecule has 1 aromatic heterocycles. The Morgan fingerprint density at radius 1 is 1.11 bits per heavy atom. The summed E-state index contributed by atoms with van der Waals surface area (Å²) in [6.07, 6.45) is 3.07. The second-order valence-corrected chi connectivity index (χ2v) is 12.2. The quantitative estimate of drug-likeness (QED) is 0.645. The molecule has 0 aromatic carbocycles. The van der Waals surface area contributed by atoms with Gasteiger partial charge in [0, 0.05) is 32.1 Å². The van der Waals surface area contributed by atoms with Crippen molar-refractivity contribution in [2.75, 3.05) is 39.4 Å². The van der Waals surface area contributed by atoms with E-state index in [4.69, 9.17) is 9.47 Å². The highest BCUT2D eigenvalue weighted by molar-refractivity contribution is 9.11. The van der Waals surface area contributed by atoms with Crippen molar-refractivity contribution >= 4 is 43.2 Å². The van der Waals surface area contributed by atoms with Crippen LogP contribution in [0.2, 0.25) is 0 Å². The monoisotopic (exact) mass is 492 g/mol. The topological polar surface area (TPSA) is 76.2 Å². The summed E-state index contributed by atoms with van der Waals surface area (Å²) in [6, 6.07) is 3.36. The molecular formula is C18H25BrN2O5S2. The van der Waals surface area contributed by atoms with E-state index in [0.717, 1.165) is 23.0 Å². The first-order chi connectivity index (χ1) is 13.4. The largest absolute Gasteiger partial charge is 0.350 e. The first-order valence-electron chi connectivity index (χ1n) is 9.72. The number of rotatable bonds is 4. The molecule has 4 rings (SSSR count). The van der Waals surface area contributed by atoms with Gasteiger partial charge in [0.15, 0.2) is 6.29 Å². The van der Waals surface area contributed by atoms with E-state index in [9.17, 15) is 13.2 Å². The number of carbonyl (C=O) groups is 1. The molecule has 3 aliphatic heterocycles. The Morgan fingerprint density at radius 2 is 1.82 bits per heavy atom. The molecule has 156 valence electrons. The van der Waals surface area contributed by atoms with Crippen LogP contribution in [0.3, 0.4) is 0 Å². The second kappa shape index (κ2) is 8.69. The normalized spacial score (nSPS) is 26.0. The van der Waals surface area contributed by atoms with Crippen molar-refractivity contribution in [3.05, 3.63) is 15.9 Å². The second-order valence-electron chi connectivity index (χ2n) is 7.53. The van der Waals surface area contributed by atoms with Crippen LogP contribution < -0.4 is 0 Å². The highest BCUT2D eigenvalue weighted by atomic mass is 79.9. The number of nitrogens with zero attached hydrogens (tertiary/aromatic N) is 2. The van der Waals surface area contributed by atoms with Gasteiger partial charge < -0.3 is 14.4 Å². The van der Waals surface area contributed by atoms with Gasteiger partial charge in [0.1, 0.15) is 4.21 Å². The summed E-state index contributed by atoms with van der Waals surface area (Å²) >= 11 is 4.53. The standard InChI is InChI=1S/C18H25BrN2O5S2/c19-15-3-4-16(27-15)28(23,24)21-7-1-2-14(12-21)17(22)20-8-5-13(6-9-20)18-25-10-11-26-18/h3-4,13-14,18H,1-2,5-12H2. The van der Waals surface area contributed by atoms with Crippen LogP contribution in [-0.4, -0.2) is 69.2 Å². The van der Waals surface area contributed by atoms with Crippen molar-refractivity contribution in [3.8, 4) is 0 Å². The van der Waals surface area contributed by atoms with Gasteiger partial charge in [-0.2, -0.15) is 4.31 Å². The van der Waals surface area contributed by atoms with E-state index in [1.165, 1.54) is 15.6 Å². The third kappa shape index (κ3) is 4.32. The number of ether oxygens (including phenoxy) is 2. The summed E-state index contributed by atoms with van der Waals surface area (Å²) in [6.45, 7) is 3.42. The fourth-order valence-corrected chi connectivity index (χ4v) is 7.91. The van der Waals surface area contributed by atoms with Crippen molar-refractivity contribution in [1.82, 2.24) is 9.21 Å². The minimum Gasteiger partial charge on any atom is -0.350 e. The van der Waals surface area contributed by atoms with Gasteiger partial charge in [0.2, 0.25) is 5.91 Å². The smallest absolute Gasteiger partial charge is 0.252 e. The maximum absolute atomic E-state index is 13.0. The zero-order valence-corrected chi connectivity index (χ0v) is 18.8. The van der Waals surface area contributed by atoms with Crippen molar-refractivity contribution in [2.24, 2.45) is 11.8 Å². The Hall–Kier alpha value is -0.520. The number of halogens is 1. The highest BCUT2D eigenvalue weighted by Crippen LogP contribution is 2.32. The van der Waals surface area contributed by atoms with Gasteiger partial charge in [-0.3, -0.25) is 4.79 Å². The Balaban J connectivity index is 1.36. The fourth-order valence-electron chi connectivity index (χ4n) is 4.22. The lowest BCUT2D eigenvalue weighted by Crippen LogP contribution is -2.49. The van der Waals surface area contributed by atoms with Crippen molar-refractivity contribution in [1.29, 1.82) is 0 Å². The molecule has 3 saturated heterocycles. The van der Waals surface area contributed by atoms with Gasteiger partial charge in [-0.05, 0) is 53.7 Å². The molecule has 0 radical (unpaired) electrons. The third-order valence-electron chi connectivity index (χ3n) is 5.76. The summed E-state index contributed by atoms with van der Waals surface area (Å²) in [5.74, 6) is 0.161. The van der Waals surface area contributed by atoms with E-state index in [1.54, 1.807) is 12.1 Å². The number of amides is 1. The molecule has 10 heteroatoms. The summed E-state index contributed by atoms with van der Waals surface area (Å²) in [5, 5.41) is 0. The number of likely N-dealkylation sites (tertiary alicyclic amines) is 1. The van der Waals surface area contributed by atoms with Crippen molar-refractivity contribution in [2.45, 2.75) is 36.2 Å². The molecule has 3 fully saturated rings. The van der Waals surface area contributed by atoms with Crippen LogP contribution >= 0.6 is 27.3 Å². The molecule has 4 heterocycles. The van der Waals surface area contributed by atoms with E-state index in [-0.39, 0.29) is 24.7 Å². The molecule has 0 spiro atoms. The first-order valence-corrected chi connectivity index (χ1v) is 12.8. The maximum Gasteiger partial charge on any atom is 0.252 e. The predicted octanol–water partition coefficient (Wildman–Crippen LogP) is 2.52. The fraction of sp³-hybridized carbons (Fsp3) is 0.722. The van der Waals surface area contributed by atoms with Crippen LogP contribution in [0.1, 0.15) is 25.7 Å². The summed E-state index contributed by atoms with van der Waals surface area (Å²) in [7, 11) is -3.54. The van der Waals surface area contributed by atoms with Crippen LogP contribution in [0.5, 0.6) is 0 Å². The lowest BCUT2D eigenvalue weighted by molar-refractivity contribution is -0.142. The van der Waals surface area contributed by atoms with Crippen LogP contribution in [0.15, 0.2) is 20.1 Å². The molecule has 0 saturated carbocycles. The molecular weight excluding hydrogens is 468 g/mol. The molecule has 28 heavy (non-hydrogen) atoms. The van der Waals surface area contributed by atoms with Crippen LogP contribution in [0, 0.1) is 11.8 Å². The lowest BCUT2D eigenvalue weighted by Gasteiger charge is -2.38. The van der Waals surface area contributed by atoms with Crippen LogP contribution in [-0.2, 0) is 24.3 Å². The van der Waals surface area contributed by atoms with Crippen LogP contribution in [0.25, 0.3) is 0 Å².